The average Bonchev–Trinajstić information content (AvgIpc) is 2.76. The van der Waals surface area contributed by atoms with Gasteiger partial charge in [0.05, 0.1) is 0 Å². The zero-order valence-corrected chi connectivity index (χ0v) is 15.1. The monoisotopic (exact) mass is 347 g/mol. The Bertz CT molecular complexity index is 1020. The molecule has 0 aromatic heterocycles. The Hall–Kier alpha value is -3.58. The summed E-state index contributed by atoms with van der Waals surface area (Å²) in [6.07, 6.45) is 1.88. The van der Waals surface area contributed by atoms with Crippen LogP contribution >= 0.6 is 0 Å². The van der Waals surface area contributed by atoms with Crippen LogP contribution in [-0.2, 0) is 0 Å². The highest BCUT2D eigenvalue weighted by atomic mass is 15.1. The number of rotatable bonds is 5. The molecule has 4 aromatic carbocycles. The van der Waals surface area contributed by atoms with Crippen molar-refractivity contribution in [3.05, 3.63) is 121 Å². The van der Waals surface area contributed by atoms with Crippen molar-refractivity contribution in [2.45, 2.75) is 0 Å². The minimum absolute atomic E-state index is 1.11. The normalized spacial score (nSPS) is 10.4. The molecule has 27 heavy (non-hydrogen) atoms. The van der Waals surface area contributed by atoms with E-state index in [1.165, 1.54) is 11.1 Å². The minimum Gasteiger partial charge on any atom is -0.310 e. The number of hydrogen-bond donors (Lipinski definition) is 0. The second-order valence-corrected chi connectivity index (χ2v) is 6.38. The van der Waals surface area contributed by atoms with Crippen molar-refractivity contribution < 1.29 is 0 Å². The van der Waals surface area contributed by atoms with E-state index < -0.39 is 0 Å². The van der Waals surface area contributed by atoms with Gasteiger partial charge in [-0.25, -0.2) is 0 Å². The van der Waals surface area contributed by atoms with E-state index in [0.29, 0.717) is 0 Å². The number of anilines is 3. The van der Waals surface area contributed by atoms with Crippen LogP contribution in [0.4, 0.5) is 17.1 Å². The van der Waals surface area contributed by atoms with Gasteiger partial charge < -0.3 is 4.90 Å². The molecule has 0 N–H and O–H groups in total. The van der Waals surface area contributed by atoms with Gasteiger partial charge in [-0.15, -0.1) is 0 Å². The van der Waals surface area contributed by atoms with Crippen molar-refractivity contribution in [1.82, 2.24) is 0 Å². The van der Waals surface area contributed by atoms with Crippen LogP contribution in [0.15, 0.2) is 116 Å². The lowest BCUT2D eigenvalue weighted by molar-refractivity contribution is 1.28. The van der Waals surface area contributed by atoms with Crippen molar-refractivity contribution in [1.29, 1.82) is 0 Å². The molecule has 0 saturated heterocycles. The van der Waals surface area contributed by atoms with Crippen LogP contribution in [0.1, 0.15) is 5.56 Å². The number of nitrogens with zero attached hydrogens (tertiary/aromatic N) is 1. The second kappa shape index (κ2) is 7.76. The fraction of sp³-hybridized carbons (Fsp3) is 0. The molecule has 0 aliphatic carbocycles. The Balaban J connectivity index is 1.78. The van der Waals surface area contributed by atoms with Crippen LogP contribution in [0.3, 0.4) is 0 Å². The van der Waals surface area contributed by atoms with Gasteiger partial charge in [0.25, 0.3) is 0 Å². The molecule has 0 atom stereocenters. The lowest BCUT2D eigenvalue weighted by Gasteiger charge is -2.26. The van der Waals surface area contributed by atoms with Crippen LogP contribution in [0.5, 0.6) is 0 Å². The largest absolute Gasteiger partial charge is 0.310 e. The Morgan fingerprint density at radius 1 is 0.519 bits per heavy atom. The fourth-order valence-corrected chi connectivity index (χ4v) is 3.25. The maximum atomic E-state index is 3.90. The summed E-state index contributed by atoms with van der Waals surface area (Å²) in [5, 5.41) is 0. The van der Waals surface area contributed by atoms with Gasteiger partial charge in [0.2, 0.25) is 0 Å². The van der Waals surface area contributed by atoms with E-state index >= 15 is 0 Å². The van der Waals surface area contributed by atoms with E-state index in [0.717, 1.165) is 22.6 Å². The molecule has 4 aromatic rings. The van der Waals surface area contributed by atoms with Crippen LogP contribution in [-0.4, -0.2) is 0 Å². The highest BCUT2D eigenvalue weighted by Gasteiger charge is 2.12. The summed E-state index contributed by atoms with van der Waals surface area (Å²) in [6, 6.07) is 38.0. The Kier molecular flexibility index (Phi) is 4.84. The van der Waals surface area contributed by atoms with Crippen LogP contribution in [0.25, 0.3) is 17.2 Å². The highest BCUT2D eigenvalue weighted by Crippen LogP contribution is 2.35. The van der Waals surface area contributed by atoms with Crippen LogP contribution in [0, 0.1) is 0 Å². The number of para-hydroxylation sites is 1. The average molecular weight is 347 g/mol. The predicted octanol–water partition coefficient (Wildman–Crippen LogP) is 7.47. The maximum Gasteiger partial charge on any atom is 0.0467 e. The van der Waals surface area contributed by atoms with Gasteiger partial charge >= 0.3 is 0 Å². The molecule has 4 rings (SSSR count). The third-order valence-electron chi connectivity index (χ3n) is 4.61. The Morgan fingerprint density at radius 2 is 1.07 bits per heavy atom. The molecule has 0 radical (unpaired) electrons. The van der Waals surface area contributed by atoms with Crippen LogP contribution in [0.2, 0.25) is 0 Å². The first kappa shape index (κ1) is 16.9. The van der Waals surface area contributed by atoms with E-state index in [-0.39, 0.29) is 0 Å². The van der Waals surface area contributed by atoms with E-state index in [9.17, 15) is 0 Å². The zero-order chi connectivity index (χ0) is 18.5. The van der Waals surface area contributed by atoms with Crippen LogP contribution < -0.4 is 4.90 Å². The van der Waals surface area contributed by atoms with Crippen molar-refractivity contribution in [3.8, 4) is 11.1 Å². The van der Waals surface area contributed by atoms with Gasteiger partial charge in [-0.3, -0.25) is 0 Å². The number of benzene rings is 4. The molecule has 1 heteroatoms. The Labute approximate surface area is 160 Å². The van der Waals surface area contributed by atoms with Gasteiger partial charge in [0.1, 0.15) is 0 Å². The summed E-state index contributed by atoms with van der Waals surface area (Å²) in [6.45, 7) is 3.90. The van der Waals surface area contributed by atoms with Gasteiger partial charge in [0.15, 0.2) is 0 Å². The summed E-state index contributed by atoms with van der Waals surface area (Å²) in [5.74, 6) is 0. The Morgan fingerprint density at radius 3 is 1.74 bits per heavy atom. The second-order valence-electron chi connectivity index (χ2n) is 6.38. The smallest absolute Gasteiger partial charge is 0.0467 e. The zero-order valence-electron chi connectivity index (χ0n) is 15.1. The quantitative estimate of drug-likeness (QED) is 0.362. The fourth-order valence-electron chi connectivity index (χ4n) is 3.25. The summed E-state index contributed by atoms with van der Waals surface area (Å²) >= 11 is 0. The molecule has 1 nitrogen and oxygen atoms in total. The summed E-state index contributed by atoms with van der Waals surface area (Å²) in [4.78, 5) is 2.27. The predicted molar refractivity (Wildman–Crippen MR) is 117 cm³/mol. The molecule has 0 spiro atoms. The molecular weight excluding hydrogens is 326 g/mol. The van der Waals surface area contributed by atoms with Gasteiger partial charge in [-0.05, 0) is 53.1 Å². The molecular formula is C26H21N. The summed E-state index contributed by atoms with van der Waals surface area (Å²) in [7, 11) is 0. The molecule has 0 heterocycles. The number of hydrogen-bond acceptors (Lipinski definition) is 1. The minimum atomic E-state index is 1.11. The SMILES string of the molecule is C=Cc1cccc(N(c2ccccc2)c2ccc(-c3ccccc3)cc2)c1. The van der Waals surface area contributed by atoms with Crippen molar-refractivity contribution in [2.75, 3.05) is 4.90 Å². The molecule has 0 bridgehead atoms. The van der Waals surface area contributed by atoms with Gasteiger partial charge in [-0.1, -0.05) is 85.5 Å². The summed E-state index contributed by atoms with van der Waals surface area (Å²) in [5.41, 5.74) is 6.92. The summed E-state index contributed by atoms with van der Waals surface area (Å²) < 4.78 is 0. The van der Waals surface area contributed by atoms with Gasteiger partial charge in [-0.2, -0.15) is 0 Å². The maximum absolute atomic E-state index is 3.90. The van der Waals surface area contributed by atoms with E-state index in [1.54, 1.807) is 0 Å². The molecule has 0 aliphatic heterocycles. The molecule has 0 fully saturated rings. The van der Waals surface area contributed by atoms with Crippen molar-refractivity contribution in [3.63, 3.8) is 0 Å². The standard InChI is InChI=1S/C26H21N/c1-2-21-10-9-15-26(20-21)27(24-13-7-4-8-14-24)25-18-16-23(17-19-25)22-11-5-3-6-12-22/h2-20H,1H2. The van der Waals surface area contributed by atoms with E-state index in [1.807, 2.05) is 18.2 Å². The van der Waals surface area contributed by atoms with E-state index in [2.05, 4.69) is 109 Å². The third kappa shape index (κ3) is 3.68. The van der Waals surface area contributed by atoms with Gasteiger partial charge in [0, 0.05) is 17.1 Å². The van der Waals surface area contributed by atoms with Crippen molar-refractivity contribution in [2.24, 2.45) is 0 Å². The molecule has 0 saturated carbocycles. The highest BCUT2D eigenvalue weighted by molar-refractivity contribution is 5.79. The molecule has 0 unspecified atom stereocenters. The van der Waals surface area contributed by atoms with E-state index in [4.69, 9.17) is 0 Å². The van der Waals surface area contributed by atoms with Crippen molar-refractivity contribution >= 4 is 23.1 Å². The lowest BCUT2D eigenvalue weighted by atomic mass is 10.0. The first-order valence-corrected chi connectivity index (χ1v) is 9.08. The third-order valence-corrected chi connectivity index (χ3v) is 4.61. The first-order valence-electron chi connectivity index (χ1n) is 9.08. The lowest BCUT2D eigenvalue weighted by Crippen LogP contribution is -2.09. The molecule has 130 valence electrons. The first-order chi connectivity index (χ1) is 13.3. The molecule has 0 aliphatic rings. The molecule has 0 amide bonds. The topological polar surface area (TPSA) is 3.24 Å².